The lowest BCUT2D eigenvalue weighted by molar-refractivity contribution is -0.172. The summed E-state index contributed by atoms with van der Waals surface area (Å²) >= 11 is 0. The minimum absolute atomic E-state index is 0.0557. The van der Waals surface area contributed by atoms with Gasteiger partial charge in [-0.25, -0.2) is 4.79 Å². The van der Waals surface area contributed by atoms with Gasteiger partial charge in [-0.2, -0.15) is 0 Å². The Labute approximate surface area is 183 Å². The number of ether oxygens (including phenoxy) is 2. The van der Waals surface area contributed by atoms with Crippen molar-refractivity contribution in [3.8, 4) is 5.75 Å². The van der Waals surface area contributed by atoms with E-state index in [1.54, 1.807) is 12.1 Å². The highest BCUT2D eigenvalue weighted by Gasteiger charge is 2.56. The second-order valence-electron chi connectivity index (χ2n) is 10.0. The number of rotatable bonds is 4. The molecular formula is C26H32O5. The topological polar surface area (TPSA) is 65.7 Å². The number of allylic oxidation sites excluding steroid dienone is 1. The molecule has 0 unspecified atom stereocenters. The summed E-state index contributed by atoms with van der Waals surface area (Å²) < 4.78 is 17.3. The molecule has 0 bridgehead atoms. The number of carbonyl (C=O) groups excluding carboxylic acids is 1. The van der Waals surface area contributed by atoms with E-state index in [2.05, 4.69) is 33.8 Å². The molecule has 0 aliphatic heterocycles. The maximum absolute atomic E-state index is 11.6. The molecule has 4 rings (SSSR count). The fourth-order valence-electron chi connectivity index (χ4n) is 6.06. The molecule has 1 saturated carbocycles. The highest BCUT2D eigenvalue weighted by atomic mass is 16.5. The van der Waals surface area contributed by atoms with Crippen LogP contribution in [0.1, 0.15) is 53.9 Å². The Bertz CT molecular complexity index is 1080. The summed E-state index contributed by atoms with van der Waals surface area (Å²) in [5.41, 5.74) is 1.47. The summed E-state index contributed by atoms with van der Waals surface area (Å²) in [5, 5.41) is 0.873. The van der Waals surface area contributed by atoms with Crippen molar-refractivity contribution in [3.63, 3.8) is 0 Å². The number of fused-ring (bicyclic) bond motifs is 2. The zero-order valence-electron chi connectivity index (χ0n) is 19.1. The van der Waals surface area contributed by atoms with E-state index in [4.69, 9.17) is 13.9 Å². The Morgan fingerprint density at radius 2 is 1.94 bits per heavy atom. The second kappa shape index (κ2) is 7.85. The first-order valence-corrected chi connectivity index (χ1v) is 11.1. The molecule has 0 amide bonds. The maximum atomic E-state index is 11.6. The average Bonchev–Trinajstić information content (AvgIpc) is 2.69. The molecule has 0 N–H and O–H groups in total. The summed E-state index contributed by atoms with van der Waals surface area (Å²) in [7, 11) is 0. The first kappa shape index (κ1) is 21.7. The van der Waals surface area contributed by atoms with Crippen molar-refractivity contribution in [2.24, 2.45) is 22.7 Å². The minimum atomic E-state index is -0.363. The highest BCUT2D eigenvalue weighted by molar-refractivity contribution is 5.77. The van der Waals surface area contributed by atoms with Crippen LogP contribution in [0.2, 0.25) is 0 Å². The molecule has 0 saturated heterocycles. The first-order chi connectivity index (χ1) is 14.6. The van der Waals surface area contributed by atoms with E-state index in [1.807, 2.05) is 12.1 Å². The summed E-state index contributed by atoms with van der Waals surface area (Å²) in [4.78, 5) is 23.2. The Kier molecular flexibility index (Phi) is 5.48. The van der Waals surface area contributed by atoms with E-state index < -0.39 is 0 Å². The molecule has 1 fully saturated rings. The van der Waals surface area contributed by atoms with Crippen molar-refractivity contribution < 1.29 is 18.7 Å². The zero-order valence-corrected chi connectivity index (χ0v) is 19.1. The van der Waals surface area contributed by atoms with Gasteiger partial charge in [-0.1, -0.05) is 32.4 Å². The molecule has 2 aliphatic rings. The number of esters is 1. The van der Waals surface area contributed by atoms with Gasteiger partial charge >= 0.3 is 11.6 Å². The SMILES string of the molecule is CC(=O)O[C@@H]1CC[C@@]2(C)[C@H](COc3ccc4ccc(=O)oc4c3)C(C)=CC[C@@H]2C1(C)C. The summed E-state index contributed by atoms with van der Waals surface area (Å²) in [6, 6.07) is 8.81. The van der Waals surface area contributed by atoms with Gasteiger partial charge in [0.25, 0.3) is 0 Å². The lowest BCUT2D eigenvalue weighted by Crippen LogP contribution is -2.55. The van der Waals surface area contributed by atoms with Gasteiger partial charge in [-0.3, -0.25) is 4.79 Å². The molecule has 1 aromatic heterocycles. The van der Waals surface area contributed by atoms with E-state index in [0.29, 0.717) is 23.9 Å². The van der Waals surface area contributed by atoms with Crippen molar-refractivity contribution in [1.82, 2.24) is 0 Å². The van der Waals surface area contributed by atoms with Crippen LogP contribution in [-0.2, 0) is 9.53 Å². The normalized spacial score (nSPS) is 29.7. The fraction of sp³-hybridized carbons (Fsp3) is 0.538. The molecule has 1 heterocycles. The van der Waals surface area contributed by atoms with Gasteiger partial charge < -0.3 is 13.9 Å². The molecular weight excluding hydrogens is 392 g/mol. The third kappa shape index (κ3) is 3.90. The summed E-state index contributed by atoms with van der Waals surface area (Å²) in [6.45, 7) is 11.1. The van der Waals surface area contributed by atoms with Crippen molar-refractivity contribution in [2.45, 2.75) is 60.0 Å². The van der Waals surface area contributed by atoms with Crippen LogP contribution in [0.4, 0.5) is 0 Å². The van der Waals surface area contributed by atoms with Crippen molar-refractivity contribution >= 4 is 16.9 Å². The quantitative estimate of drug-likeness (QED) is 0.368. The standard InChI is InChI=1S/C26H32O5/c1-16-6-10-22-25(3,4)23(30-17(2)27)12-13-26(22,5)20(16)15-29-19-9-7-18-8-11-24(28)31-21(18)14-19/h6-9,11,14,20,22-23H,10,12-13,15H2,1-5H3/t20-,22-,23-,26+/m1/s1. The Balaban J connectivity index is 1.57. The van der Waals surface area contributed by atoms with Gasteiger partial charge in [0.2, 0.25) is 0 Å². The predicted octanol–water partition coefficient (Wildman–Crippen LogP) is 5.51. The lowest BCUT2D eigenvalue weighted by atomic mass is 9.48. The van der Waals surface area contributed by atoms with E-state index in [-0.39, 0.29) is 34.4 Å². The Morgan fingerprint density at radius 3 is 2.68 bits per heavy atom. The van der Waals surface area contributed by atoms with E-state index in [1.165, 1.54) is 18.6 Å². The second-order valence-corrected chi connectivity index (χ2v) is 10.0. The third-order valence-electron chi connectivity index (χ3n) is 7.81. The Hall–Kier alpha value is -2.56. The van der Waals surface area contributed by atoms with Crippen molar-refractivity contribution in [2.75, 3.05) is 6.61 Å². The Morgan fingerprint density at radius 1 is 1.19 bits per heavy atom. The number of hydrogen-bond donors (Lipinski definition) is 0. The van der Waals surface area contributed by atoms with Crippen LogP contribution in [0.3, 0.4) is 0 Å². The van der Waals surface area contributed by atoms with E-state index in [9.17, 15) is 9.59 Å². The number of carbonyl (C=O) groups is 1. The first-order valence-electron chi connectivity index (χ1n) is 11.1. The van der Waals surface area contributed by atoms with E-state index >= 15 is 0 Å². The molecule has 5 heteroatoms. The predicted molar refractivity (Wildman–Crippen MR) is 120 cm³/mol. The monoisotopic (exact) mass is 424 g/mol. The largest absolute Gasteiger partial charge is 0.493 e. The molecule has 31 heavy (non-hydrogen) atoms. The van der Waals surface area contributed by atoms with Gasteiger partial charge in [-0.15, -0.1) is 0 Å². The molecule has 166 valence electrons. The number of benzene rings is 1. The van der Waals surface area contributed by atoms with Gasteiger partial charge in [0, 0.05) is 35.8 Å². The smallest absolute Gasteiger partial charge is 0.336 e. The van der Waals surface area contributed by atoms with Crippen molar-refractivity contribution in [3.05, 3.63) is 52.4 Å². The van der Waals surface area contributed by atoms with Crippen LogP contribution in [0.5, 0.6) is 5.75 Å². The van der Waals surface area contributed by atoms with Crippen LogP contribution >= 0.6 is 0 Å². The van der Waals surface area contributed by atoms with Crippen LogP contribution in [0.15, 0.2) is 51.2 Å². The summed E-state index contributed by atoms with van der Waals surface area (Å²) in [5.74, 6) is 1.16. The third-order valence-corrected chi connectivity index (χ3v) is 7.81. The molecule has 4 atom stereocenters. The highest BCUT2D eigenvalue weighted by Crippen LogP contribution is 2.60. The molecule has 2 aromatic rings. The van der Waals surface area contributed by atoms with Crippen LogP contribution in [0.25, 0.3) is 11.0 Å². The zero-order chi connectivity index (χ0) is 22.4. The minimum Gasteiger partial charge on any atom is -0.493 e. The van der Waals surface area contributed by atoms with Gasteiger partial charge in [0.1, 0.15) is 17.4 Å². The lowest BCUT2D eigenvalue weighted by Gasteiger charge is -2.58. The van der Waals surface area contributed by atoms with Gasteiger partial charge in [-0.05, 0) is 55.7 Å². The molecule has 0 radical (unpaired) electrons. The van der Waals surface area contributed by atoms with Crippen LogP contribution in [0, 0.1) is 22.7 Å². The fourth-order valence-corrected chi connectivity index (χ4v) is 6.06. The summed E-state index contributed by atoms with van der Waals surface area (Å²) in [6.07, 6.45) is 5.12. The molecule has 5 nitrogen and oxygen atoms in total. The van der Waals surface area contributed by atoms with E-state index in [0.717, 1.165) is 24.6 Å². The average molecular weight is 425 g/mol. The molecule has 2 aliphatic carbocycles. The van der Waals surface area contributed by atoms with Gasteiger partial charge in [0.05, 0.1) is 6.61 Å². The maximum Gasteiger partial charge on any atom is 0.336 e. The van der Waals surface area contributed by atoms with Crippen LogP contribution < -0.4 is 10.4 Å². The van der Waals surface area contributed by atoms with Gasteiger partial charge in [0.15, 0.2) is 0 Å². The molecule has 0 spiro atoms. The van der Waals surface area contributed by atoms with Crippen LogP contribution in [-0.4, -0.2) is 18.7 Å². The van der Waals surface area contributed by atoms with Crippen molar-refractivity contribution in [1.29, 1.82) is 0 Å². The number of hydrogen-bond acceptors (Lipinski definition) is 5. The molecule has 1 aromatic carbocycles.